The van der Waals surface area contributed by atoms with Crippen LogP contribution in [-0.2, 0) is 4.74 Å². The van der Waals surface area contributed by atoms with E-state index in [9.17, 15) is 13.6 Å². The highest BCUT2D eigenvalue weighted by atomic mass is 32.1. The van der Waals surface area contributed by atoms with Gasteiger partial charge in [-0.25, -0.2) is 13.6 Å². The summed E-state index contributed by atoms with van der Waals surface area (Å²) in [6.45, 7) is 3.28. The standard InChI is InChI=1S/C20H14F2N2O3S/c1-10-16-14(22)4-3-5-15(16)28-17(10)20(25)26-11(2)18-23-24-19(27-18)12-6-8-13(21)9-7-12/h3-9,11H,1-2H3/t11-/m1/s1. The van der Waals surface area contributed by atoms with Gasteiger partial charge in [0.1, 0.15) is 16.5 Å². The van der Waals surface area contributed by atoms with Gasteiger partial charge in [0, 0.05) is 15.6 Å². The van der Waals surface area contributed by atoms with Crippen LogP contribution in [0.5, 0.6) is 0 Å². The van der Waals surface area contributed by atoms with Crippen LogP contribution in [0.4, 0.5) is 8.78 Å². The van der Waals surface area contributed by atoms with Crippen LogP contribution in [0.25, 0.3) is 21.5 Å². The number of aryl methyl sites for hydroxylation is 1. The third-order valence-electron chi connectivity index (χ3n) is 4.25. The number of rotatable bonds is 4. The second-order valence-corrected chi connectivity index (χ2v) is 7.22. The molecule has 2 heterocycles. The summed E-state index contributed by atoms with van der Waals surface area (Å²) in [5.41, 5.74) is 1.09. The zero-order valence-electron chi connectivity index (χ0n) is 14.9. The number of ether oxygens (including phenoxy) is 1. The van der Waals surface area contributed by atoms with Gasteiger partial charge in [0.25, 0.3) is 5.89 Å². The van der Waals surface area contributed by atoms with Crippen LogP contribution in [0.1, 0.15) is 34.2 Å². The fourth-order valence-corrected chi connectivity index (χ4v) is 3.93. The number of thiophene rings is 1. The highest BCUT2D eigenvalue weighted by Crippen LogP contribution is 2.34. The van der Waals surface area contributed by atoms with E-state index in [0.29, 0.717) is 26.1 Å². The molecule has 0 unspecified atom stereocenters. The maximum Gasteiger partial charge on any atom is 0.349 e. The van der Waals surface area contributed by atoms with Crippen molar-refractivity contribution in [3.63, 3.8) is 0 Å². The molecule has 8 heteroatoms. The molecule has 0 aliphatic heterocycles. The molecule has 0 aliphatic rings. The van der Waals surface area contributed by atoms with Crippen molar-refractivity contribution in [1.29, 1.82) is 0 Å². The number of hydrogen-bond donors (Lipinski definition) is 0. The number of nitrogens with zero attached hydrogens (tertiary/aromatic N) is 2. The predicted molar refractivity (Wildman–Crippen MR) is 100 cm³/mol. The van der Waals surface area contributed by atoms with Crippen molar-refractivity contribution in [2.24, 2.45) is 0 Å². The lowest BCUT2D eigenvalue weighted by molar-refractivity contribution is 0.0285. The van der Waals surface area contributed by atoms with Crippen molar-refractivity contribution in [3.8, 4) is 11.5 Å². The van der Waals surface area contributed by atoms with Gasteiger partial charge in [0.15, 0.2) is 6.10 Å². The number of carbonyl (C=O) groups excluding carboxylic acids is 1. The SMILES string of the molecule is Cc1c(C(=O)O[C@H](C)c2nnc(-c3ccc(F)cc3)o2)sc2cccc(F)c12. The first-order valence-corrected chi connectivity index (χ1v) is 9.23. The topological polar surface area (TPSA) is 65.2 Å². The third kappa shape index (κ3) is 3.27. The predicted octanol–water partition coefficient (Wildman–Crippen LogP) is 5.46. The molecule has 0 fully saturated rings. The summed E-state index contributed by atoms with van der Waals surface area (Å²) < 4.78 is 38.7. The van der Waals surface area contributed by atoms with Crippen molar-refractivity contribution in [2.75, 3.05) is 0 Å². The average molecular weight is 400 g/mol. The smallest absolute Gasteiger partial charge is 0.349 e. The van der Waals surface area contributed by atoms with Crippen molar-refractivity contribution in [2.45, 2.75) is 20.0 Å². The molecule has 0 saturated heterocycles. The van der Waals surface area contributed by atoms with Crippen LogP contribution >= 0.6 is 11.3 Å². The first kappa shape index (κ1) is 18.2. The Balaban J connectivity index is 1.55. The average Bonchev–Trinajstić information content (AvgIpc) is 3.28. The molecule has 4 aromatic rings. The van der Waals surface area contributed by atoms with Gasteiger partial charge < -0.3 is 9.15 Å². The summed E-state index contributed by atoms with van der Waals surface area (Å²) in [5.74, 6) is -1.04. The number of aromatic nitrogens is 2. The fraction of sp³-hybridized carbons (Fsp3) is 0.150. The summed E-state index contributed by atoms with van der Waals surface area (Å²) in [4.78, 5) is 12.9. The van der Waals surface area contributed by atoms with E-state index in [-0.39, 0.29) is 23.4 Å². The highest BCUT2D eigenvalue weighted by molar-refractivity contribution is 7.21. The maximum atomic E-state index is 14.0. The van der Waals surface area contributed by atoms with E-state index < -0.39 is 12.1 Å². The van der Waals surface area contributed by atoms with Gasteiger partial charge in [-0.15, -0.1) is 21.5 Å². The first-order chi connectivity index (χ1) is 13.4. The summed E-state index contributed by atoms with van der Waals surface area (Å²) in [6.07, 6.45) is -0.802. The minimum absolute atomic E-state index is 0.109. The lowest BCUT2D eigenvalue weighted by Gasteiger charge is -2.08. The summed E-state index contributed by atoms with van der Waals surface area (Å²) in [5, 5.41) is 8.22. The molecule has 5 nitrogen and oxygen atoms in total. The van der Waals surface area contributed by atoms with Gasteiger partial charge in [-0.1, -0.05) is 6.07 Å². The molecular weight excluding hydrogens is 386 g/mol. The molecule has 28 heavy (non-hydrogen) atoms. The van der Waals surface area contributed by atoms with Crippen molar-refractivity contribution in [3.05, 3.63) is 70.4 Å². The Labute approximate surface area is 162 Å². The maximum absolute atomic E-state index is 14.0. The Morgan fingerprint density at radius 2 is 1.89 bits per heavy atom. The zero-order chi connectivity index (χ0) is 19.8. The van der Waals surface area contributed by atoms with Gasteiger partial charge in [-0.2, -0.15) is 0 Å². The van der Waals surface area contributed by atoms with Crippen LogP contribution in [0.15, 0.2) is 46.9 Å². The molecule has 4 rings (SSSR count). The number of esters is 1. The second kappa shape index (κ2) is 7.12. The Hall–Kier alpha value is -3.13. The van der Waals surface area contributed by atoms with E-state index >= 15 is 0 Å². The monoisotopic (exact) mass is 400 g/mol. The minimum atomic E-state index is -0.802. The summed E-state index contributed by atoms with van der Waals surface area (Å²) in [7, 11) is 0. The van der Waals surface area contributed by atoms with E-state index in [1.807, 2.05) is 0 Å². The van der Waals surface area contributed by atoms with Gasteiger partial charge in [0.05, 0.1) is 0 Å². The molecule has 0 saturated carbocycles. The van der Waals surface area contributed by atoms with E-state index in [0.717, 1.165) is 0 Å². The third-order valence-corrected chi connectivity index (χ3v) is 5.49. The Kier molecular flexibility index (Phi) is 4.64. The zero-order valence-corrected chi connectivity index (χ0v) is 15.7. The largest absolute Gasteiger partial charge is 0.448 e. The van der Waals surface area contributed by atoms with Crippen molar-refractivity contribution in [1.82, 2.24) is 10.2 Å². The molecule has 2 aromatic carbocycles. The number of benzene rings is 2. The van der Waals surface area contributed by atoms with Crippen LogP contribution in [-0.4, -0.2) is 16.2 Å². The molecular formula is C20H14F2N2O3S. The molecule has 142 valence electrons. The van der Waals surface area contributed by atoms with Crippen LogP contribution in [0.3, 0.4) is 0 Å². The molecule has 0 radical (unpaired) electrons. The number of halogens is 2. The Morgan fingerprint density at radius 3 is 2.61 bits per heavy atom. The lowest BCUT2D eigenvalue weighted by Crippen LogP contribution is -2.09. The quantitative estimate of drug-likeness (QED) is 0.426. The van der Waals surface area contributed by atoms with Crippen LogP contribution < -0.4 is 0 Å². The number of fused-ring (bicyclic) bond motifs is 1. The number of hydrogen-bond acceptors (Lipinski definition) is 6. The molecule has 0 spiro atoms. The Morgan fingerprint density at radius 1 is 1.14 bits per heavy atom. The van der Waals surface area contributed by atoms with Gasteiger partial charge >= 0.3 is 5.97 Å². The molecule has 0 bridgehead atoms. The highest BCUT2D eigenvalue weighted by Gasteiger charge is 2.24. The van der Waals surface area contributed by atoms with Crippen LogP contribution in [0, 0.1) is 18.6 Å². The molecule has 2 aromatic heterocycles. The van der Waals surface area contributed by atoms with Gasteiger partial charge in [-0.05, 0) is 55.8 Å². The van der Waals surface area contributed by atoms with Crippen molar-refractivity contribution >= 4 is 27.4 Å². The van der Waals surface area contributed by atoms with Gasteiger partial charge in [0.2, 0.25) is 5.89 Å². The summed E-state index contributed by atoms with van der Waals surface area (Å²) in [6, 6.07) is 10.3. The first-order valence-electron chi connectivity index (χ1n) is 8.42. The van der Waals surface area contributed by atoms with Gasteiger partial charge in [-0.3, -0.25) is 0 Å². The molecule has 0 amide bonds. The second-order valence-electron chi connectivity index (χ2n) is 6.17. The minimum Gasteiger partial charge on any atom is -0.448 e. The summed E-state index contributed by atoms with van der Waals surface area (Å²) >= 11 is 1.17. The Bertz CT molecular complexity index is 1170. The van der Waals surface area contributed by atoms with E-state index in [1.165, 1.54) is 41.7 Å². The van der Waals surface area contributed by atoms with Crippen LogP contribution in [0.2, 0.25) is 0 Å². The normalized spacial score (nSPS) is 12.3. The van der Waals surface area contributed by atoms with E-state index in [2.05, 4.69) is 10.2 Å². The van der Waals surface area contributed by atoms with E-state index in [4.69, 9.17) is 9.15 Å². The van der Waals surface area contributed by atoms with Crippen molar-refractivity contribution < 1.29 is 22.7 Å². The molecule has 0 N–H and O–H groups in total. The number of carbonyl (C=O) groups is 1. The molecule has 1 atom stereocenters. The van der Waals surface area contributed by atoms with E-state index in [1.54, 1.807) is 26.0 Å². The fourth-order valence-electron chi connectivity index (χ4n) is 2.82. The lowest BCUT2D eigenvalue weighted by atomic mass is 10.1. The molecule has 0 aliphatic carbocycles.